The topological polar surface area (TPSA) is 17.8 Å². The highest BCUT2D eigenvalue weighted by molar-refractivity contribution is 9.10. The smallest absolute Gasteiger partial charge is 0.203 e. The van der Waals surface area contributed by atoms with Crippen molar-refractivity contribution in [1.29, 1.82) is 0 Å². The number of hydrogen-bond donors (Lipinski definition) is 0. The van der Waals surface area contributed by atoms with E-state index in [1.165, 1.54) is 5.56 Å². The van der Waals surface area contributed by atoms with Gasteiger partial charge < -0.3 is 4.57 Å². The average molecular weight is 286 g/mol. The molecule has 0 fully saturated rings. The molecule has 2 nitrogen and oxygen atoms in total. The van der Waals surface area contributed by atoms with Gasteiger partial charge in [-0.05, 0) is 36.2 Å². The number of nitrogens with zero attached hydrogens (tertiary/aromatic N) is 2. The highest BCUT2D eigenvalue weighted by Crippen LogP contribution is 2.22. The van der Waals surface area contributed by atoms with Crippen molar-refractivity contribution in [3.63, 3.8) is 0 Å². The van der Waals surface area contributed by atoms with E-state index in [0.29, 0.717) is 5.28 Å². The molecule has 0 aliphatic rings. The minimum absolute atomic E-state index is 0.202. The summed E-state index contributed by atoms with van der Waals surface area (Å²) in [7, 11) is 0. The molecule has 0 saturated carbocycles. The summed E-state index contributed by atoms with van der Waals surface area (Å²) in [5.74, 6) is 0. The lowest BCUT2D eigenvalue weighted by Crippen LogP contribution is -2.05. The lowest BCUT2D eigenvalue weighted by atomic mass is 10.1. The molecule has 15 heavy (non-hydrogen) atoms. The van der Waals surface area contributed by atoms with Gasteiger partial charge in [0.2, 0.25) is 5.28 Å². The van der Waals surface area contributed by atoms with Gasteiger partial charge in [-0.1, -0.05) is 28.1 Å². The highest BCUT2D eigenvalue weighted by Gasteiger charge is 2.09. The Morgan fingerprint density at radius 2 is 2.00 bits per heavy atom. The van der Waals surface area contributed by atoms with Crippen molar-refractivity contribution >= 4 is 27.5 Å². The van der Waals surface area contributed by atoms with E-state index in [4.69, 9.17) is 11.6 Å². The molecule has 0 radical (unpaired) electrons. The standard InChI is InChI=1S/C11H10BrClN2/c1-8(15-7-6-14-11(15)13)9-2-4-10(12)5-3-9/h2-8H,1H3. The van der Waals surface area contributed by atoms with Gasteiger partial charge in [0.05, 0.1) is 6.04 Å². The van der Waals surface area contributed by atoms with E-state index in [9.17, 15) is 0 Å². The van der Waals surface area contributed by atoms with Gasteiger partial charge in [0.15, 0.2) is 0 Å². The Balaban J connectivity index is 2.32. The number of hydrogen-bond acceptors (Lipinski definition) is 1. The third kappa shape index (κ3) is 2.24. The fourth-order valence-electron chi connectivity index (χ4n) is 1.49. The van der Waals surface area contributed by atoms with Crippen LogP contribution in [0.5, 0.6) is 0 Å². The average Bonchev–Trinajstić information content (AvgIpc) is 2.65. The third-order valence-corrected chi connectivity index (χ3v) is 3.21. The van der Waals surface area contributed by atoms with Gasteiger partial charge in [-0.25, -0.2) is 4.98 Å². The summed E-state index contributed by atoms with van der Waals surface area (Å²) in [4.78, 5) is 4.00. The van der Waals surface area contributed by atoms with Crippen LogP contribution in [0.3, 0.4) is 0 Å². The molecule has 1 aromatic carbocycles. The van der Waals surface area contributed by atoms with Crippen LogP contribution in [0.4, 0.5) is 0 Å². The summed E-state index contributed by atoms with van der Waals surface area (Å²) in [6.45, 7) is 2.09. The first kappa shape index (κ1) is 10.7. The van der Waals surface area contributed by atoms with Gasteiger partial charge >= 0.3 is 0 Å². The van der Waals surface area contributed by atoms with Crippen LogP contribution in [-0.4, -0.2) is 9.55 Å². The molecule has 0 aliphatic heterocycles. The molecule has 78 valence electrons. The number of aromatic nitrogens is 2. The molecule has 2 rings (SSSR count). The largest absolute Gasteiger partial charge is 0.315 e. The van der Waals surface area contributed by atoms with E-state index in [-0.39, 0.29) is 6.04 Å². The number of benzene rings is 1. The van der Waals surface area contributed by atoms with Crippen LogP contribution in [-0.2, 0) is 0 Å². The van der Waals surface area contributed by atoms with Crippen molar-refractivity contribution in [3.05, 3.63) is 52.0 Å². The predicted octanol–water partition coefficient (Wildman–Crippen LogP) is 3.91. The van der Waals surface area contributed by atoms with Crippen molar-refractivity contribution in [2.24, 2.45) is 0 Å². The molecular formula is C11H10BrClN2. The molecule has 0 aliphatic carbocycles. The maximum atomic E-state index is 5.96. The van der Waals surface area contributed by atoms with E-state index < -0.39 is 0 Å². The third-order valence-electron chi connectivity index (χ3n) is 2.39. The Hall–Kier alpha value is -0.800. The summed E-state index contributed by atoms with van der Waals surface area (Å²) in [5.41, 5.74) is 1.21. The Bertz CT molecular complexity index is 450. The molecule has 0 saturated heterocycles. The van der Waals surface area contributed by atoms with E-state index >= 15 is 0 Å². The number of rotatable bonds is 2. The zero-order chi connectivity index (χ0) is 10.8. The van der Waals surface area contributed by atoms with Gasteiger partial charge in [0.1, 0.15) is 0 Å². The van der Waals surface area contributed by atoms with Crippen LogP contribution < -0.4 is 0 Å². The maximum absolute atomic E-state index is 5.96. The van der Waals surface area contributed by atoms with Gasteiger partial charge in [-0.15, -0.1) is 0 Å². The van der Waals surface area contributed by atoms with Crippen LogP contribution in [0.2, 0.25) is 5.28 Å². The minimum atomic E-state index is 0.202. The summed E-state index contributed by atoms with van der Waals surface area (Å²) >= 11 is 9.37. The lowest BCUT2D eigenvalue weighted by molar-refractivity contribution is 0.639. The molecule has 1 aromatic heterocycles. The predicted molar refractivity (Wildman–Crippen MR) is 65.2 cm³/mol. The summed E-state index contributed by atoms with van der Waals surface area (Å²) in [6.07, 6.45) is 3.59. The first-order valence-corrected chi connectivity index (χ1v) is 5.79. The summed E-state index contributed by atoms with van der Waals surface area (Å²) in [6, 6.07) is 8.40. The SMILES string of the molecule is CC(c1ccc(Br)cc1)n1ccnc1Cl. The van der Waals surface area contributed by atoms with E-state index in [2.05, 4.69) is 40.0 Å². The molecule has 1 heterocycles. The second-order valence-electron chi connectivity index (χ2n) is 3.33. The van der Waals surface area contributed by atoms with Gasteiger partial charge in [-0.2, -0.15) is 0 Å². The molecule has 1 unspecified atom stereocenters. The van der Waals surface area contributed by atoms with E-state index in [1.54, 1.807) is 6.20 Å². The number of halogens is 2. The van der Waals surface area contributed by atoms with Crippen molar-refractivity contribution in [2.75, 3.05) is 0 Å². The first-order chi connectivity index (χ1) is 7.18. The van der Waals surface area contributed by atoms with Crippen LogP contribution >= 0.6 is 27.5 Å². The van der Waals surface area contributed by atoms with Crippen molar-refractivity contribution < 1.29 is 0 Å². The Kier molecular flexibility index (Phi) is 3.12. The molecule has 4 heteroatoms. The van der Waals surface area contributed by atoms with E-state index in [0.717, 1.165) is 4.47 Å². The fourth-order valence-corrected chi connectivity index (χ4v) is 2.01. The van der Waals surface area contributed by atoms with Crippen LogP contribution in [0.15, 0.2) is 41.1 Å². The monoisotopic (exact) mass is 284 g/mol. The Morgan fingerprint density at radius 3 is 2.53 bits per heavy atom. The maximum Gasteiger partial charge on any atom is 0.203 e. The molecule has 0 amide bonds. The summed E-state index contributed by atoms with van der Waals surface area (Å²) < 4.78 is 3.01. The quantitative estimate of drug-likeness (QED) is 0.818. The second-order valence-corrected chi connectivity index (χ2v) is 4.58. The fraction of sp³-hybridized carbons (Fsp3) is 0.182. The van der Waals surface area contributed by atoms with Gasteiger partial charge in [-0.3, -0.25) is 0 Å². The first-order valence-electron chi connectivity index (χ1n) is 4.62. The zero-order valence-electron chi connectivity index (χ0n) is 8.19. The van der Waals surface area contributed by atoms with Crippen LogP contribution in [0.25, 0.3) is 0 Å². The molecular weight excluding hydrogens is 275 g/mol. The van der Waals surface area contributed by atoms with Crippen LogP contribution in [0, 0.1) is 0 Å². The molecule has 2 aromatic rings. The molecule has 0 bridgehead atoms. The van der Waals surface area contributed by atoms with Crippen LogP contribution in [0.1, 0.15) is 18.5 Å². The normalized spacial score (nSPS) is 12.7. The Labute approximate surface area is 102 Å². The van der Waals surface area contributed by atoms with Gasteiger partial charge in [0, 0.05) is 16.9 Å². The Morgan fingerprint density at radius 1 is 1.33 bits per heavy atom. The zero-order valence-corrected chi connectivity index (χ0v) is 10.5. The molecule has 0 N–H and O–H groups in total. The van der Waals surface area contributed by atoms with Gasteiger partial charge in [0.25, 0.3) is 0 Å². The summed E-state index contributed by atoms with van der Waals surface area (Å²) in [5, 5.41) is 0.519. The number of imidazole rings is 1. The minimum Gasteiger partial charge on any atom is -0.315 e. The molecule has 1 atom stereocenters. The van der Waals surface area contributed by atoms with Crippen molar-refractivity contribution in [3.8, 4) is 0 Å². The molecule has 0 spiro atoms. The van der Waals surface area contributed by atoms with Crippen molar-refractivity contribution in [2.45, 2.75) is 13.0 Å². The van der Waals surface area contributed by atoms with Crippen molar-refractivity contribution in [1.82, 2.24) is 9.55 Å². The highest BCUT2D eigenvalue weighted by atomic mass is 79.9. The lowest BCUT2D eigenvalue weighted by Gasteiger charge is -2.14. The van der Waals surface area contributed by atoms with E-state index in [1.807, 2.05) is 22.9 Å². The second kappa shape index (κ2) is 4.37.